The molecule has 0 aromatic heterocycles. The number of rotatable bonds is 6. The zero-order chi connectivity index (χ0) is 22.0. The molecule has 1 aromatic rings. The first-order valence-corrected chi connectivity index (χ1v) is 11.2. The van der Waals surface area contributed by atoms with E-state index in [1.54, 1.807) is 24.3 Å². The van der Waals surface area contributed by atoms with Gasteiger partial charge in [-0.3, -0.25) is 28.9 Å². The number of nitrogens with zero attached hydrogens (tertiary/aromatic N) is 1. The quantitative estimate of drug-likeness (QED) is 0.255. The number of imide groups is 1. The highest BCUT2D eigenvalue weighted by molar-refractivity contribution is 9.12. The van der Waals surface area contributed by atoms with E-state index < -0.39 is 36.9 Å². The summed E-state index contributed by atoms with van der Waals surface area (Å²) in [6.45, 7) is 0.378. The van der Waals surface area contributed by atoms with Crippen LogP contribution in [0, 0.1) is 11.8 Å². The van der Waals surface area contributed by atoms with E-state index in [4.69, 9.17) is 4.74 Å². The van der Waals surface area contributed by atoms with Crippen molar-refractivity contribution >= 4 is 67.0 Å². The number of ether oxygens (including phenoxy) is 1. The molecule has 1 aliphatic heterocycles. The maximum atomic E-state index is 12.6. The van der Waals surface area contributed by atoms with E-state index in [0.29, 0.717) is 24.1 Å². The van der Waals surface area contributed by atoms with Crippen molar-refractivity contribution in [2.75, 3.05) is 18.5 Å². The number of Topliss-reactive ketones (excluding diaryl/α,β-unsaturated/α-hetero) is 1. The second-order valence-electron chi connectivity index (χ2n) is 7.32. The van der Waals surface area contributed by atoms with Gasteiger partial charge in [0.05, 0.1) is 11.8 Å². The minimum Gasteiger partial charge on any atom is -0.454 e. The number of benzene rings is 1. The molecule has 0 spiro atoms. The first-order valence-electron chi connectivity index (χ1n) is 9.37. The number of alkyl halides is 2. The van der Waals surface area contributed by atoms with Gasteiger partial charge in [-0.1, -0.05) is 31.9 Å². The fourth-order valence-electron chi connectivity index (χ4n) is 3.63. The summed E-state index contributed by atoms with van der Waals surface area (Å²) in [5.74, 6) is -3.12. The third-order valence-corrected chi connectivity index (χ3v) is 7.96. The topological polar surface area (TPSA) is 110 Å². The molecule has 1 aromatic carbocycles. The molecule has 10 heteroatoms. The molecule has 8 nitrogen and oxygen atoms in total. The minimum atomic E-state index is -0.830. The third-order valence-electron chi connectivity index (χ3n) is 5.23. The zero-order valence-corrected chi connectivity index (χ0v) is 19.3. The Morgan fingerprint density at radius 2 is 1.57 bits per heavy atom. The number of nitrogens with one attached hydrogen (secondary N) is 1. The lowest BCUT2D eigenvalue weighted by molar-refractivity contribution is -0.154. The van der Waals surface area contributed by atoms with E-state index in [9.17, 15) is 24.0 Å². The molecule has 3 amide bonds. The van der Waals surface area contributed by atoms with Crippen LogP contribution < -0.4 is 5.32 Å². The largest absolute Gasteiger partial charge is 0.454 e. The summed E-state index contributed by atoms with van der Waals surface area (Å²) in [6, 6.07) is 6.27. The van der Waals surface area contributed by atoms with Crippen LogP contribution >= 0.6 is 31.9 Å². The number of carbonyl (C=O) groups excluding carboxylic acids is 5. The van der Waals surface area contributed by atoms with Gasteiger partial charge in [0.25, 0.3) is 5.91 Å². The zero-order valence-electron chi connectivity index (χ0n) is 16.1. The fraction of sp³-hybridized carbons (Fsp3) is 0.450. The van der Waals surface area contributed by atoms with E-state index in [-0.39, 0.29) is 27.3 Å². The molecule has 1 N–H and O–H groups in total. The highest BCUT2D eigenvalue weighted by atomic mass is 79.9. The molecule has 0 bridgehead atoms. The molecule has 30 heavy (non-hydrogen) atoms. The highest BCUT2D eigenvalue weighted by Gasteiger charge is 2.52. The van der Waals surface area contributed by atoms with Crippen molar-refractivity contribution in [3.05, 3.63) is 29.8 Å². The summed E-state index contributed by atoms with van der Waals surface area (Å²) >= 11 is 7.01. The average molecular weight is 544 g/mol. The Kier molecular flexibility index (Phi) is 7.07. The molecule has 2 aliphatic rings. The van der Waals surface area contributed by atoms with Crippen LogP contribution in [0.2, 0.25) is 0 Å². The number of anilines is 1. The number of hydrogen-bond acceptors (Lipinski definition) is 6. The van der Waals surface area contributed by atoms with Crippen molar-refractivity contribution in [2.24, 2.45) is 11.8 Å². The van der Waals surface area contributed by atoms with Gasteiger partial charge in [-0.25, -0.2) is 0 Å². The lowest BCUT2D eigenvalue weighted by atomic mass is 9.81. The average Bonchev–Trinajstić information content (AvgIpc) is 2.91. The Bertz CT molecular complexity index is 860. The van der Waals surface area contributed by atoms with Gasteiger partial charge >= 0.3 is 5.97 Å². The minimum absolute atomic E-state index is 0.0793. The Labute approximate surface area is 189 Å². The maximum absolute atomic E-state index is 12.6. The van der Waals surface area contributed by atoms with E-state index in [1.807, 2.05) is 0 Å². The number of carbonyl (C=O) groups is 5. The first-order chi connectivity index (χ1) is 14.2. The number of esters is 1. The standard InChI is InChI=1S/C20H20Br2N2O6/c1-10(25)11-2-4-12(5-3-11)23-17(26)9-30-18(27)8-24-19(28)13-6-15(21)16(22)7-14(13)20(24)29/h2-5,13-16H,6-9H2,1H3,(H,23,26)/t13-,14-,15-,16+/m1/s1. The second-order valence-corrected chi connectivity index (χ2v) is 9.67. The van der Waals surface area contributed by atoms with Gasteiger partial charge < -0.3 is 10.1 Å². The lowest BCUT2D eigenvalue weighted by Crippen LogP contribution is -2.37. The smallest absolute Gasteiger partial charge is 0.326 e. The van der Waals surface area contributed by atoms with Crippen LogP contribution in [0.15, 0.2) is 24.3 Å². The first kappa shape index (κ1) is 22.6. The van der Waals surface area contributed by atoms with Crippen LogP contribution in [0.5, 0.6) is 0 Å². The van der Waals surface area contributed by atoms with Gasteiger partial charge in [0, 0.05) is 20.9 Å². The molecule has 160 valence electrons. The molecule has 2 fully saturated rings. The van der Waals surface area contributed by atoms with Crippen molar-refractivity contribution in [1.29, 1.82) is 0 Å². The van der Waals surface area contributed by atoms with Gasteiger partial charge in [-0.15, -0.1) is 0 Å². The fourth-order valence-corrected chi connectivity index (χ4v) is 4.86. The number of fused-ring (bicyclic) bond motifs is 1. The number of halogens is 2. The van der Waals surface area contributed by atoms with Gasteiger partial charge in [-0.05, 0) is 44.0 Å². The van der Waals surface area contributed by atoms with E-state index >= 15 is 0 Å². The highest BCUT2D eigenvalue weighted by Crippen LogP contribution is 2.43. The number of hydrogen-bond donors (Lipinski definition) is 1. The van der Waals surface area contributed by atoms with Crippen molar-refractivity contribution in [3.8, 4) is 0 Å². The molecular weight excluding hydrogens is 524 g/mol. The normalized spacial score (nSPS) is 25.6. The molecule has 0 unspecified atom stereocenters. The van der Waals surface area contributed by atoms with Crippen molar-refractivity contribution in [1.82, 2.24) is 4.90 Å². The Morgan fingerprint density at radius 3 is 2.07 bits per heavy atom. The molecule has 1 saturated carbocycles. The molecule has 1 heterocycles. The molecule has 0 radical (unpaired) electrons. The van der Waals surface area contributed by atoms with Crippen LogP contribution in [0.4, 0.5) is 5.69 Å². The number of likely N-dealkylation sites (tertiary alicyclic amines) is 1. The van der Waals surface area contributed by atoms with Crippen LogP contribution in [-0.2, 0) is 23.9 Å². The summed E-state index contributed by atoms with van der Waals surface area (Å²) in [5.41, 5.74) is 0.959. The van der Waals surface area contributed by atoms with E-state index in [1.165, 1.54) is 6.92 Å². The van der Waals surface area contributed by atoms with Crippen LogP contribution in [0.1, 0.15) is 30.1 Å². The van der Waals surface area contributed by atoms with Crippen LogP contribution in [-0.4, -0.2) is 57.2 Å². The monoisotopic (exact) mass is 542 g/mol. The predicted molar refractivity (Wildman–Crippen MR) is 114 cm³/mol. The van der Waals surface area contributed by atoms with Gasteiger partial charge in [-0.2, -0.15) is 0 Å². The van der Waals surface area contributed by atoms with Gasteiger partial charge in [0.2, 0.25) is 11.8 Å². The summed E-state index contributed by atoms with van der Waals surface area (Å²) in [6.07, 6.45) is 1.03. The van der Waals surface area contributed by atoms with Crippen LogP contribution in [0.25, 0.3) is 0 Å². The van der Waals surface area contributed by atoms with Crippen LogP contribution in [0.3, 0.4) is 0 Å². The molecular formula is C20H20Br2N2O6. The lowest BCUT2D eigenvalue weighted by Gasteiger charge is -2.29. The van der Waals surface area contributed by atoms with E-state index in [2.05, 4.69) is 37.2 Å². The van der Waals surface area contributed by atoms with E-state index in [0.717, 1.165) is 4.90 Å². The molecule has 4 atom stereocenters. The SMILES string of the molecule is CC(=O)c1ccc(NC(=O)COC(=O)CN2C(=O)[C@@H]3C[C@@H](Br)[C@@H](Br)C[C@H]3C2=O)cc1. The number of amides is 3. The summed E-state index contributed by atoms with van der Waals surface area (Å²) in [4.78, 5) is 61.5. The Morgan fingerprint density at radius 1 is 1.03 bits per heavy atom. The van der Waals surface area contributed by atoms with Crippen molar-refractivity contribution in [2.45, 2.75) is 29.4 Å². The number of ketones is 1. The van der Waals surface area contributed by atoms with Gasteiger partial charge in [0.1, 0.15) is 6.54 Å². The third kappa shape index (κ3) is 4.97. The van der Waals surface area contributed by atoms with Gasteiger partial charge in [0.15, 0.2) is 12.4 Å². The Balaban J connectivity index is 1.49. The second kappa shape index (κ2) is 9.38. The predicted octanol–water partition coefficient (Wildman–Crippen LogP) is 2.29. The molecule has 1 aliphatic carbocycles. The molecule has 1 saturated heterocycles. The molecule has 3 rings (SSSR count). The van der Waals surface area contributed by atoms with Crippen molar-refractivity contribution in [3.63, 3.8) is 0 Å². The maximum Gasteiger partial charge on any atom is 0.326 e. The Hall–Kier alpha value is -2.07. The van der Waals surface area contributed by atoms with Crippen molar-refractivity contribution < 1.29 is 28.7 Å². The summed E-state index contributed by atoms with van der Waals surface area (Å²) < 4.78 is 4.92. The summed E-state index contributed by atoms with van der Waals surface area (Å²) in [7, 11) is 0. The summed E-state index contributed by atoms with van der Waals surface area (Å²) in [5, 5.41) is 2.54.